The van der Waals surface area contributed by atoms with E-state index < -0.39 is 16.1 Å². The lowest BCUT2D eigenvalue weighted by Crippen LogP contribution is -2.53. The number of nitrogens with zero attached hydrogens (tertiary/aromatic N) is 4. The second kappa shape index (κ2) is 9.99. The van der Waals surface area contributed by atoms with Crippen LogP contribution in [0.4, 0.5) is 0 Å². The molecule has 8 nitrogen and oxygen atoms in total. The first-order chi connectivity index (χ1) is 16.3. The minimum Gasteiger partial charge on any atom is -0.481 e. The van der Waals surface area contributed by atoms with Gasteiger partial charge in [-0.2, -0.15) is 9.40 Å². The van der Waals surface area contributed by atoms with E-state index in [2.05, 4.69) is 5.10 Å². The van der Waals surface area contributed by atoms with Crippen molar-refractivity contribution in [1.82, 2.24) is 19.0 Å². The monoisotopic (exact) mass is 482 g/mol. The van der Waals surface area contributed by atoms with Crippen LogP contribution in [-0.4, -0.2) is 65.6 Å². The molecular formula is C25H30N4O4S. The third-order valence-corrected chi connectivity index (χ3v) is 8.19. The summed E-state index contributed by atoms with van der Waals surface area (Å²) < 4.78 is 35.9. The molecule has 0 radical (unpaired) electrons. The van der Waals surface area contributed by atoms with Crippen molar-refractivity contribution in [1.29, 1.82) is 0 Å². The predicted octanol–water partition coefficient (Wildman–Crippen LogP) is 2.85. The number of aromatic nitrogens is 2. The quantitative estimate of drug-likeness (QED) is 0.517. The third kappa shape index (κ3) is 5.00. The van der Waals surface area contributed by atoms with Crippen molar-refractivity contribution in [3.8, 4) is 5.75 Å². The predicted molar refractivity (Wildman–Crippen MR) is 129 cm³/mol. The van der Waals surface area contributed by atoms with E-state index in [0.717, 1.165) is 5.56 Å². The maximum absolute atomic E-state index is 13.5. The van der Waals surface area contributed by atoms with Gasteiger partial charge in [-0.1, -0.05) is 48.5 Å². The fourth-order valence-electron chi connectivity index (χ4n) is 4.25. The van der Waals surface area contributed by atoms with Gasteiger partial charge < -0.3 is 9.64 Å². The van der Waals surface area contributed by atoms with Gasteiger partial charge in [-0.15, -0.1) is 0 Å². The van der Waals surface area contributed by atoms with Gasteiger partial charge in [0.1, 0.15) is 10.6 Å². The molecule has 2 heterocycles. The maximum atomic E-state index is 13.5. The van der Waals surface area contributed by atoms with E-state index in [0.29, 0.717) is 36.8 Å². The molecule has 0 saturated carbocycles. The van der Waals surface area contributed by atoms with Crippen LogP contribution in [0.3, 0.4) is 0 Å². The standard InChI is InChI=1S/C25H30N4O4S/c1-19-24(20(2)29(26-19)18-22-10-6-4-7-11-22)34(31,32)28-16-14-27(15-17-28)25(30)21(3)33-23-12-8-5-9-13-23/h4-13,21H,14-18H2,1-3H3/t21-/m0/s1. The van der Waals surface area contributed by atoms with Gasteiger partial charge in [0.2, 0.25) is 10.0 Å². The van der Waals surface area contributed by atoms with Gasteiger partial charge in [0.15, 0.2) is 6.10 Å². The topological polar surface area (TPSA) is 84.7 Å². The number of benzene rings is 2. The Morgan fingerprint density at radius 3 is 2.18 bits per heavy atom. The number of hydrogen-bond acceptors (Lipinski definition) is 5. The number of carbonyl (C=O) groups excluding carboxylic acids is 1. The molecule has 1 amide bonds. The molecule has 0 N–H and O–H groups in total. The van der Waals surface area contributed by atoms with Crippen LogP contribution in [0.2, 0.25) is 0 Å². The normalized spacial score (nSPS) is 15.8. The lowest BCUT2D eigenvalue weighted by molar-refractivity contribution is -0.139. The highest BCUT2D eigenvalue weighted by Crippen LogP contribution is 2.25. The van der Waals surface area contributed by atoms with E-state index in [-0.39, 0.29) is 23.9 Å². The third-order valence-electron chi connectivity index (χ3n) is 6.04. The molecule has 1 aliphatic heterocycles. The molecule has 1 saturated heterocycles. The Kier molecular flexibility index (Phi) is 7.04. The molecule has 0 spiro atoms. The number of hydrogen-bond donors (Lipinski definition) is 0. The van der Waals surface area contributed by atoms with Gasteiger partial charge in [-0.3, -0.25) is 9.48 Å². The Morgan fingerprint density at radius 2 is 1.56 bits per heavy atom. The van der Waals surface area contributed by atoms with Gasteiger partial charge in [0.25, 0.3) is 5.91 Å². The molecule has 180 valence electrons. The summed E-state index contributed by atoms with van der Waals surface area (Å²) in [5.74, 6) is 0.479. The van der Waals surface area contributed by atoms with E-state index in [1.807, 2.05) is 48.5 Å². The van der Waals surface area contributed by atoms with Gasteiger partial charge in [-0.05, 0) is 38.5 Å². The van der Waals surface area contributed by atoms with Crippen LogP contribution in [0.25, 0.3) is 0 Å². The molecular weight excluding hydrogens is 452 g/mol. The van der Waals surface area contributed by atoms with Crippen molar-refractivity contribution >= 4 is 15.9 Å². The van der Waals surface area contributed by atoms with Crippen LogP contribution in [-0.2, 0) is 21.4 Å². The van der Waals surface area contributed by atoms with Crippen LogP contribution in [0.15, 0.2) is 65.6 Å². The van der Waals surface area contributed by atoms with Crippen molar-refractivity contribution in [2.24, 2.45) is 0 Å². The minimum atomic E-state index is -3.73. The van der Waals surface area contributed by atoms with E-state index in [1.54, 1.807) is 42.5 Å². The van der Waals surface area contributed by atoms with Crippen LogP contribution >= 0.6 is 0 Å². The zero-order valence-corrected chi connectivity index (χ0v) is 20.5. The first kappa shape index (κ1) is 24.0. The fraction of sp³-hybridized carbons (Fsp3) is 0.360. The summed E-state index contributed by atoms with van der Waals surface area (Å²) in [6, 6.07) is 19.0. The second-order valence-electron chi connectivity index (χ2n) is 8.45. The number of rotatable bonds is 7. The number of piperazine rings is 1. The molecule has 1 atom stereocenters. The van der Waals surface area contributed by atoms with Crippen molar-refractivity contribution in [2.75, 3.05) is 26.2 Å². The SMILES string of the molecule is Cc1nn(Cc2ccccc2)c(C)c1S(=O)(=O)N1CCN(C(=O)[C@H](C)Oc2ccccc2)CC1. The minimum absolute atomic E-state index is 0.149. The molecule has 2 aromatic carbocycles. The average Bonchev–Trinajstić information content (AvgIpc) is 3.13. The zero-order chi connectivity index (χ0) is 24.3. The van der Waals surface area contributed by atoms with Crippen molar-refractivity contribution in [2.45, 2.75) is 38.3 Å². The van der Waals surface area contributed by atoms with E-state index >= 15 is 0 Å². The molecule has 34 heavy (non-hydrogen) atoms. The summed E-state index contributed by atoms with van der Waals surface area (Å²) in [7, 11) is -3.73. The highest BCUT2D eigenvalue weighted by molar-refractivity contribution is 7.89. The number of sulfonamides is 1. The Bertz CT molecular complexity index is 1230. The number of aryl methyl sites for hydroxylation is 1. The van der Waals surface area contributed by atoms with Gasteiger partial charge in [0, 0.05) is 26.2 Å². The van der Waals surface area contributed by atoms with E-state index in [4.69, 9.17) is 4.74 Å². The molecule has 1 aliphatic rings. The first-order valence-electron chi connectivity index (χ1n) is 11.4. The summed E-state index contributed by atoms with van der Waals surface area (Å²) in [5.41, 5.74) is 2.15. The highest BCUT2D eigenvalue weighted by Gasteiger charge is 2.35. The van der Waals surface area contributed by atoms with Crippen LogP contribution in [0, 0.1) is 13.8 Å². The average molecular weight is 483 g/mol. The summed E-state index contributed by atoms with van der Waals surface area (Å²) in [4.78, 5) is 14.8. The van der Waals surface area contributed by atoms with Crippen molar-refractivity contribution in [3.05, 3.63) is 77.6 Å². The lowest BCUT2D eigenvalue weighted by Gasteiger charge is -2.35. The van der Waals surface area contributed by atoms with Gasteiger partial charge >= 0.3 is 0 Å². The van der Waals surface area contributed by atoms with Crippen molar-refractivity contribution in [3.63, 3.8) is 0 Å². The van der Waals surface area contributed by atoms with Gasteiger partial charge in [0.05, 0.1) is 17.9 Å². The molecule has 0 unspecified atom stereocenters. The highest BCUT2D eigenvalue weighted by atomic mass is 32.2. The lowest BCUT2D eigenvalue weighted by atomic mass is 10.2. The molecule has 9 heteroatoms. The Balaban J connectivity index is 1.42. The fourth-order valence-corrected chi connectivity index (χ4v) is 6.05. The van der Waals surface area contributed by atoms with E-state index in [1.165, 1.54) is 4.31 Å². The molecule has 4 rings (SSSR count). The largest absolute Gasteiger partial charge is 0.481 e. The molecule has 3 aromatic rings. The Labute approximate surface area is 200 Å². The molecule has 0 aliphatic carbocycles. The Morgan fingerprint density at radius 1 is 0.971 bits per heavy atom. The van der Waals surface area contributed by atoms with Gasteiger partial charge in [-0.25, -0.2) is 8.42 Å². The molecule has 1 fully saturated rings. The van der Waals surface area contributed by atoms with Crippen LogP contribution < -0.4 is 4.74 Å². The van der Waals surface area contributed by atoms with E-state index in [9.17, 15) is 13.2 Å². The summed E-state index contributed by atoms with van der Waals surface area (Å²) in [6.45, 7) is 6.83. The zero-order valence-electron chi connectivity index (χ0n) is 19.7. The Hall–Kier alpha value is -3.17. The molecule has 0 bridgehead atoms. The number of ether oxygens (including phenoxy) is 1. The summed E-state index contributed by atoms with van der Waals surface area (Å²) in [6.07, 6.45) is -0.647. The first-order valence-corrected chi connectivity index (χ1v) is 12.8. The number of amides is 1. The second-order valence-corrected chi connectivity index (χ2v) is 10.3. The number of carbonyl (C=O) groups is 1. The number of para-hydroxylation sites is 1. The maximum Gasteiger partial charge on any atom is 0.263 e. The smallest absolute Gasteiger partial charge is 0.263 e. The van der Waals surface area contributed by atoms with Crippen LogP contribution in [0.5, 0.6) is 5.75 Å². The summed E-state index contributed by atoms with van der Waals surface area (Å²) >= 11 is 0. The molecule has 1 aromatic heterocycles. The summed E-state index contributed by atoms with van der Waals surface area (Å²) in [5, 5.41) is 4.50. The van der Waals surface area contributed by atoms with Crippen molar-refractivity contribution < 1.29 is 17.9 Å². The van der Waals surface area contributed by atoms with Crippen LogP contribution in [0.1, 0.15) is 23.9 Å².